The molecule has 0 unspecified atom stereocenters. The molecule has 2 amide bonds. The van der Waals surface area contributed by atoms with Crippen molar-refractivity contribution in [3.8, 4) is 0 Å². The molecule has 0 saturated heterocycles. The van der Waals surface area contributed by atoms with Crippen LogP contribution in [0.15, 0.2) is 24.3 Å². The highest BCUT2D eigenvalue weighted by atomic mass is 19.1. The molecule has 6 nitrogen and oxygen atoms in total. The SMILES string of the molecule is C[C@H](OC(=O)CNC(=O)c1cccc(F)c1)C(=O)N(C)C. The Hall–Kier alpha value is -2.44. The lowest BCUT2D eigenvalue weighted by molar-refractivity contribution is -0.157. The van der Waals surface area contributed by atoms with Crippen LogP contribution in [0.3, 0.4) is 0 Å². The molecule has 0 saturated carbocycles. The summed E-state index contributed by atoms with van der Waals surface area (Å²) < 4.78 is 17.8. The first kappa shape index (κ1) is 16.6. The molecule has 1 N–H and O–H groups in total. The van der Waals surface area contributed by atoms with Crippen molar-refractivity contribution in [2.45, 2.75) is 13.0 Å². The van der Waals surface area contributed by atoms with Crippen LogP contribution in [0.2, 0.25) is 0 Å². The van der Waals surface area contributed by atoms with Crippen molar-refractivity contribution in [1.29, 1.82) is 0 Å². The van der Waals surface area contributed by atoms with Crippen molar-refractivity contribution < 1.29 is 23.5 Å². The molecule has 0 radical (unpaired) electrons. The molecular formula is C14H17FN2O4. The third kappa shape index (κ3) is 5.21. The third-order valence-electron chi connectivity index (χ3n) is 2.58. The number of ether oxygens (including phenoxy) is 1. The van der Waals surface area contributed by atoms with Crippen LogP contribution < -0.4 is 5.32 Å². The molecule has 0 aliphatic rings. The lowest BCUT2D eigenvalue weighted by Crippen LogP contribution is -2.38. The number of amides is 2. The highest BCUT2D eigenvalue weighted by Gasteiger charge is 2.19. The summed E-state index contributed by atoms with van der Waals surface area (Å²) in [5, 5.41) is 2.29. The van der Waals surface area contributed by atoms with Gasteiger partial charge in [-0.15, -0.1) is 0 Å². The van der Waals surface area contributed by atoms with E-state index in [0.717, 1.165) is 6.07 Å². The molecule has 0 bridgehead atoms. The molecule has 0 spiro atoms. The fourth-order valence-electron chi connectivity index (χ4n) is 1.54. The summed E-state index contributed by atoms with van der Waals surface area (Å²) >= 11 is 0. The fourth-order valence-corrected chi connectivity index (χ4v) is 1.54. The first-order chi connectivity index (χ1) is 9.81. The van der Waals surface area contributed by atoms with Gasteiger partial charge in [-0.25, -0.2) is 4.39 Å². The summed E-state index contributed by atoms with van der Waals surface area (Å²) in [5.41, 5.74) is 0.0974. The van der Waals surface area contributed by atoms with Gasteiger partial charge in [-0.05, 0) is 25.1 Å². The molecule has 0 heterocycles. The molecule has 1 aromatic rings. The van der Waals surface area contributed by atoms with Gasteiger partial charge < -0.3 is 15.0 Å². The maximum Gasteiger partial charge on any atom is 0.326 e. The Kier molecular flexibility index (Phi) is 5.83. The van der Waals surface area contributed by atoms with Crippen LogP contribution in [0, 0.1) is 5.82 Å². The van der Waals surface area contributed by atoms with Crippen molar-refractivity contribution in [2.24, 2.45) is 0 Å². The normalized spacial score (nSPS) is 11.4. The second-order valence-electron chi connectivity index (χ2n) is 4.56. The Balaban J connectivity index is 2.46. The summed E-state index contributed by atoms with van der Waals surface area (Å²) in [5.74, 6) is -2.25. The number of nitrogens with zero attached hydrogens (tertiary/aromatic N) is 1. The minimum absolute atomic E-state index is 0.0974. The Bertz CT molecular complexity index is 546. The lowest BCUT2D eigenvalue weighted by atomic mass is 10.2. The van der Waals surface area contributed by atoms with Gasteiger partial charge >= 0.3 is 5.97 Å². The Morgan fingerprint density at radius 2 is 2.00 bits per heavy atom. The maximum atomic E-state index is 12.9. The van der Waals surface area contributed by atoms with E-state index in [-0.39, 0.29) is 11.5 Å². The van der Waals surface area contributed by atoms with E-state index in [1.807, 2.05) is 0 Å². The smallest absolute Gasteiger partial charge is 0.326 e. The second kappa shape index (κ2) is 7.37. The molecule has 1 aromatic carbocycles. The van der Waals surface area contributed by atoms with Crippen LogP contribution >= 0.6 is 0 Å². The van der Waals surface area contributed by atoms with Crippen LogP contribution in [0.25, 0.3) is 0 Å². The van der Waals surface area contributed by atoms with Crippen molar-refractivity contribution in [3.63, 3.8) is 0 Å². The van der Waals surface area contributed by atoms with Gasteiger partial charge in [0.2, 0.25) is 0 Å². The van der Waals surface area contributed by atoms with Crippen molar-refractivity contribution in [2.75, 3.05) is 20.6 Å². The molecule has 0 fully saturated rings. The maximum absolute atomic E-state index is 12.9. The van der Waals surface area contributed by atoms with Gasteiger partial charge in [-0.3, -0.25) is 14.4 Å². The number of halogens is 1. The van der Waals surface area contributed by atoms with Crippen LogP contribution in [0.1, 0.15) is 17.3 Å². The topological polar surface area (TPSA) is 75.7 Å². The zero-order chi connectivity index (χ0) is 16.0. The molecule has 1 atom stereocenters. The van der Waals surface area contributed by atoms with Crippen molar-refractivity contribution in [3.05, 3.63) is 35.6 Å². The number of esters is 1. The van der Waals surface area contributed by atoms with E-state index in [9.17, 15) is 18.8 Å². The third-order valence-corrected chi connectivity index (χ3v) is 2.58. The largest absolute Gasteiger partial charge is 0.451 e. The second-order valence-corrected chi connectivity index (χ2v) is 4.56. The molecule has 1 rings (SSSR count). The minimum Gasteiger partial charge on any atom is -0.451 e. The zero-order valence-electron chi connectivity index (χ0n) is 12.1. The van der Waals surface area contributed by atoms with E-state index in [1.165, 1.54) is 30.0 Å². The quantitative estimate of drug-likeness (QED) is 0.806. The van der Waals surface area contributed by atoms with Crippen molar-refractivity contribution >= 4 is 17.8 Å². The predicted molar refractivity (Wildman–Crippen MR) is 73.0 cm³/mol. The van der Waals surface area contributed by atoms with Gasteiger partial charge in [0.05, 0.1) is 0 Å². The molecule has 21 heavy (non-hydrogen) atoms. The molecular weight excluding hydrogens is 279 g/mol. The number of benzene rings is 1. The van der Waals surface area contributed by atoms with Gasteiger partial charge in [0.25, 0.3) is 11.8 Å². The number of rotatable bonds is 5. The Morgan fingerprint density at radius 3 is 2.57 bits per heavy atom. The molecule has 114 valence electrons. The van der Waals surface area contributed by atoms with Gasteiger partial charge in [0.15, 0.2) is 6.10 Å². The number of hydrogen-bond donors (Lipinski definition) is 1. The number of nitrogens with one attached hydrogen (secondary N) is 1. The number of hydrogen-bond acceptors (Lipinski definition) is 4. The van der Waals surface area contributed by atoms with Crippen LogP contribution in [0.5, 0.6) is 0 Å². The fraction of sp³-hybridized carbons (Fsp3) is 0.357. The molecule has 0 aliphatic heterocycles. The highest BCUT2D eigenvalue weighted by Crippen LogP contribution is 2.03. The summed E-state index contributed by atoms with van der Waals surface area (Å²) in [6, 6.07) is 5.07. The van der Waals surface area contributed by atoms with Gasteiger partial charge in [-0.1, -0.05) is 6.07 Å². The predicted octanol–water partition coefficient (Wildman–Crippen LogP) is 0.575. The van der Waals surface area contributed by atoms with Crippen LogP contribution in [-0.4, -0.2) is 49.4 Å². The lowest BCUT2D eigenvalue weighted by Gasteiger charge is -2.17. The number of carbonyl (C=O) groups is 3. The molecule has 7 heteroatoms. The summed E-state index contributed by atoms with van der Waals surface area (Å²) in [4.78, 5) is 36.0. The average Bonchev–Trinajstić information content (AvgIpc) is 2.43. The average molecular weight is 296 g/mol. The van der Waals surface area contributed by atoms with E-state index >= 15 is 0 Å². The first-order valence-corrected chi connectivity index (χ1v) is 6.25. The van der Waals surface area contributed by atoms with Crippen molar-refractivity contribution in [1.82, 2.24) is 10.2 Å². The minimum atomic E-state index is -0.932. The van der Waals surface area contributed by atoms with Crippen LogP contribution in [0.4, 0.5) is 4.39 Å². The van der Waals surface area contributed by atoms with E-state index in [2.05, 4.69) is 5.32 Å². The van der Waals surface area contributed by atoms with Gasteiger partial charge in [-0.2, -0.15) is 0 Å². The summed E-state index contributed by atoms with van der Waals surface area (Å²) in [7, 11) is 3.08. The van der Waals surface area contributed by atoms with E-state index in [0.29, 0.717) is 0 Å². The highest BCUT2D eigenvalue weighted by molar-refractivity contribution is 5.96. The van der Waals surface area contributed by atoms with Gasteiger partial charge in [0, 0.05) is 19.7 Å². The summed E-state index contributed by atoms with van der Waals surface area (Å²) in [6.45, 7) is 1.04. The Labute approximate surface area is 121 Å². The summed E-state index contributed by atoms with van der Waals surface area (Å²) in [6.07, 6.45) is -0.932. The Morgan fingerprint density at radius 1 is 1.33 bits per heavy atom. The monoisotopic (exact) mass is 296 g/mol. The number of likely N-dealkylation sites (N-methyl/N-ethyl adjacent to an activating group) is 1. The van der Waals surface area contributed by atoms with E-state index in [4.69, 9.17) is 4.74 Å². The van der Waals surface area contributed by atoms with Gasteiger partial charge in [0.1, 0.15) is 12.4 Å². The first-order valence-electron chi connectivity index (χ1n) is 6.25. The molecule has 0 aromatic heterocycles. The van der Waals surface area contributed by atoms with E-state index < -0.39 is 30.3 Å². The standard InChI is InChI=1S/C14H17FN2O4/c1-9(14(20)17(2)3)21-12(18)8-16-13(19)10-5-4-6-11(15)7-10/h4-7,9H,8H2,1-3H3,(H,16,19)/t9-/m0/s1. The zero-order valence-corrected chi connectivity index (χ0v) is 12.1. The van der Waals surface area contributed by atoms with E-state index in [1.54, 1.807) is 14.1 Å². The van der Waals surface area contributed by atoms with Crippen LogP contribution in [-0.2, 0) is 14.3 Å². The number of carbonyl (C=O) groups excluding carboxylic acids is 3. The molecule has 0 aliphatic carbocycles.